The van der Waals surface area contributed by atoms with Gasteiger partial charge in [0, 0.05) is 33.4 Å². The summed E-state index contributed by atoms with van der Waals surface area (Å²) < 4.78 is 1.95. The lowest BCUT2D eigenvalue weighted by Gasteiger charge is -2.27. The van der Waals surface area contributed by atoms with Crippen molar-refractivity contribution in [2.45, 2.75) is 39.2 Å². The summed E-state index contributed by atoms with van der Waals surface area (Å²) in [7, 11) is 3.52. The van der Waals surface area contributed by atoms with Gasteiger partial charge in [0.25, 0.3) is 5.91 Å². The predicted molar refractivity (Wildman–Crippen MR) is 105 cm³/mol. The number of nitrogens with zero attached hydrogens (tertiary/aromatic N) is 4. The van der Waals surface area contributed by atoms with Crippen LogP contribution in [-0.4, -0.2) is 58.3 Å². The molecule has 3 heterocycles. The van der Waals surface area contributed by atoms with Crippen LogP contribution in [0.25, 0.3) is 5.52 Å². The molecule has 0 radical (unpaired) electrons. The predicted octanol–water partition coefficient (Wildman–Crippen LogP) is 2.93. The number of carbonyl (C=O) groups excluding carboxylic acids is 2. The minimum absolute atomic E-state index is 0.0204. The van der Waals surface area contributed by atoms with Gasteiger partial charge in [0.05, 0.1) is 11.6 Å². The number of imidazole rings is 1. The van der Waals surface area contributed by atoms with E-state index in [1.807, 2.05) is 33.7 Å². The van der Waals surface area contributed by atoms with E-state index in [4.69, 9.17) is 4.98 Å². The van der Waals surface area contributed by atoms with E-state index in [9.17, 15) is 9.59 Å². The molecule has 27 heavy (non-hydrogen) atoms. The number of aromatic nitrogens is 2. The fourth-order valence-electron chi connectivity index (χ4n) is 3.48. The molecule has 1 N–H and O–H groups in total. The van der Waals surface area contributed by atoms with Crippen molar-refractivity contribution in [3.63, 3.8) is 0 Å². The van der Waals surface area contributed by atoms with Crippen LogP contribution in [0.3, 0.4) is 0 Å². The average molecular weight is 371 g/mol. The Morgan fingerprint density at radius 3 is 2.85 bits per heavy atom. The highest BCUT2D eigenvalue weighted by molar-refractivity contribution is 5.99. The van der Waals surface area contributed by atoms with Gasteiger partial charge in [0.2, 0.25) is 0 Å². The quantitative estimate of drug-likeness (QED) is 0.878. The first-order valence-electron chi connectivity index (χ1n) is 9.67. The molecule has 1 aliphatic heterocycles. The summed E-state index contributed by atoms with van der Waals surface area (Å²) in [6.07, 6.45) is 4.71. The zero-order valence-corrected chi connectivity index (χ0v) is 16.6. The number of rotatable bonds is 5. The molecule has 1 saturated heterocycles. The number of hydrogen-bond donors (Lipinski definition) is 1. The van der Waals surface area contributed by atoms with Gasteiger partial charge in [0.1, 0.15) is 5.82 Å². The molecule has 2 aromatic heterocycles. The number of likely N-dealkylation sites (tertiary alicyclic amines) is 1. The standard InChI is InChI=1S/C20H29N5O2/c1-5-14(2)13-21-19(26)17-15-9-6-7-11-24(15)18(22-17)16-10-8-12-25(16)20(27)23(3)4/h6-7,9,11,14,16H,5,8,10,12-13H2,1-4H3,(H,21,26)/t14-,16-/m0/s1. The number of urea groups is 1. The van der Waals surface area contributed by atoms with Crippen LogP contribution >= 0.6 is 0 Å². The average Bonchev–Trinajstić information content (AvgIpc) is 3.29. The van der Waals surface area contributed by atoms with Gasteiger partial charge in [-0.25, -0.2) is 9.78 Å². The zero-order chi connectivity index (χ0) is 19.6. The van der Waals surface area contributed by atoms with Crippen LogP contribution in [0, 0.1) is 5.92 Å². The van der Waals surface area contributed by atoms with Crippen LogP contribution in [-0.2, 0) is 0 Å². The summed E-state index contributed by atoms with van der Waals surface area (Å²) in [6, 6.07) is 5.59. The molecule has 3 amide bonds. The van der Waals surface area contributed by atoms with E-state index in [0.29, 0.717) is 24.7 Å². The van der Waals surface area contributed by atoms with Crippen molar-refractivity contribution in [2.75, 3.05) is 27.2 Å². The topological polar surface area (TPSA) is 70.0 Å². The lowest BCUT2D eigenvalue weighted by atomic mass is 10.1. The van der Waals surface area contributed by atoms with Crippen molar-refractivity contribution in [1.82, 2.24) is 24.5 Å². The Labute approximate surface area is 160 Å². The third-order valence-electron chi connectivity index (χ3n) is 5.28. The molecule has 0 unspecified atom stereocenters. The largest absolute Gasteiger partial charge is 0.350 e. The Morgan fingerprint density at radius 2 is 2.15 bits per heavy atom. The molecule has 1 aliphatic rings. The summed E-state index contributed by atoms with van der Waals surface area (Å²) >= 11 is 0. The van der Waals surface area contributed by atoms with Crippen molar-refractivity contribution in [3.8, 4) is 0 Å². The molecule has 0 spiro atoms. The number of carbonyl (C=O) groups is 2. The maximum absolute atomic E-state index is 12.8. The molecular weight excluding hydrogens is 342 g/mol. The van der Waals surface area contributed by atoms with Gasteiger partial charge < -0.3 is 19.5 Å². The molecule has 0 aromatic carbocycles. The second-order valence-electron chi connectivity index (χ2n) is 7.53. The summed E-state index contributed by atoms with van der Waals surface area (Å²) in [6.45, 7) is 5.56. The minimum atomic E-state index is -0.159. The molecule has 0 aliphatic carbocycles. The number of fused-ring (bicyclic) bond motifs is 1. The number of amides is 3. The maximum Gasteiger partial charge on any atom is 0.320 e. The van der Waals surface area contributed by atoms with Gasteiger partial charge >= 0.3 is 6.03 Å². The van der Waals surface area contributed by atoms with E-state index in [1.165, 1.54) is 0 Å². The van der Waals surface area contributed by atoms with Crippen LogP contribution < -0.4 is 5.32 Å². The van der Waals surface area contributed by atoms with Crippen molar-refractivity contribution in [3.05, 3.63) is 35.9 Å². The number of hydrogen-bond acceptors (Lipinski definition) is 3. The Kier molecular flexibility index (Phi) is 5.68. The van der Waals surface area contributed by atoms with Crippen LogP contribution in [0.5, 0.6) is 0 Å². The summed E-state index contributed by atoms with van der Waals surface area (Å²) in [5.41, 5.74) is 1.20. The van der Waals surface area contributed by atoms with E-state index in [-0.39, 0.29) is 18.0 Å². The molecule has 3 rings (SSSR count). The van der Waals surface area contributed by atoms with Crippen molar-refractivity contribution < 1.29 is 9.59 Å². The van der Waals surface area contributed by atoms with Gasteiger partial charge in [0.15, 0.2) is 5.69 Å². The third kappa shape index (κ3) is 3.77. The second-order valence-corrected chi connectivity index (χ2v) is 7.53. The van der Waals surface area contributed by atoms with Gasteiger partial charge in [-0.1, -0.05) is 26.3 Å². The molecule has 7 nitrogen and oxygen atoms in total. The second kappa shape index (κ2) is 7.98. The summed E-state index contributed by atoms with van der Waals surface area (Å²) in [5.74, 6) is 1.02. The molecule has 7 heteroatoms. The highest BCUT2D eigenvalue weighted by atomic mass is 16.2. The zero-order valence-electron chi connectivity index (χ0n) is 16.6. The van der Waals surface area contributed by atoms with Gasteiger partial charge in [-0.2, -0.15) is 0 Å². The van der Waals surface area contributed by atoms with E-state index >= 15 is 0 Å². The summed E-state index contributed by atoms with van der Waals surface area (Å²) in [5, 5.41) is 2.99. The first-order chi connectivity index (χ1) is 12.9. The molecule has 0 saturated carbocycles. The van der Waals surface area contributed by atoms with Crippen molar-refractivity contribution >= 4 is 17.5 Å². The molecule has 0 bridgehead atoms. The fraction of sp³-hybridized carbons (Fsp3) is 0.550. The lowest BCUT2D eigenvalue weighted by molar-refractivity contribution is 0.0944. The maximum atomic E-state index is 12.8. The lowest BCUT2D eigenvalue weighted by Crippen LogP contribution is -2.39. The monoisotopic (exact) mass is 371 g/mol. The Balaban J connectivity index is 1.95. The SMILES string of the molecule is CC[C@H](C)CNC(=O)c1nc([C@@H]2CCCN2C(=O)N(C)C)n2ccccc12. The van der Waals surface area contributed by atoms with E-state index in [0.717, 1.165) is 30.6 Å². The van der Waals surface area contributed by atoms with Crippen LogP contribution in [0.4, 0.5) is 4.79 Å². The third-order valence-corrected chi connectivity index (χ3v) is 5.28. The normalized spacial score (nSPS) is 17.9. The van der Waals surface area contributed by atoms with Gasteiger partial charge in [-0.05, 0) is 30.9 Å². The Morgan fingerprint density at radius 1 is 1.37 bits per heavy atom. The molecule has 146 valence electrons. The molecule has 2 atom stereocenters. The van der Waals surface area contributed by atoms with Crippen molar-refractivity contribution in [2.24, 2.45) is 5.92 Å². The van der Waals surface area contributed by atoms with E-state index < -0.39 is 0 Å². The van der Waals surface area contributed by atoms with Gasteiger partial charge in [-0.15, -0.1) is 0 Å². The fourth-order valence-corrected chi connectivity index (χ4v) is 3.48. The van der Waals surface area contributed by atoms with Crippen LogP contribution in [0.2, 0.25) is 0 Å². The van der Waals surface area contributed by atoms with Crippen molar-refractivity contribution in [1.29, 1.82) is 0 Å². The highest BCUT2D eigenvalue weighted by Gasteiger charge is 2.34. The van der Waals surface area contributed by atoms with E-state index in [2.05, 4.69) is 19.2 Å². The van der Waals surface area contributed by atoms with Gasteiger partial charge in [-0.3, -0.25) is 4.79 Å². The van der Waals surface area contributed by atoms with E-state index in [1.54, 1.807) is 19.0 Å². The van der Waals surface area contributed by atoms with Crippen LogP contribution in [0.15, 0.2) is 24.4 Å². The summed E-state index contributed by atoms with van der Waals surface area (Å²) in [4.78, 5) is 33.5. The smallest absolute Gasteiger partial charge is 0.320 e. The van der Waals surface area contributed by atoms with Crippen LogP contribution in [0.1, 0.15) is 55.5 Å². The Hall–Kier alpha value is -2.57. The molecule has 2 aromatic rings. The number of nitrogens with one attached hydrogen (secondary N) is 1. The minimum Gasteiger partial charge on any atom is -0.350 e. The molecular formula is C20H29N5O2. The number of pyridine rings is 1. The molecule has 1 fully saturated rings. The first-order valence-corrected chi connectivity index (χ1v) is 9.67. The Bertz CT molecular complexity index is 829. The highest BCUT2D eigenvalue weighted by Crippen LogP contribution is 2.33. The first kappa shape index (κ1) is 19.2.